The molecule has 6 nitrogen and oxygen atoms in total. The number of ether oxygens (including phenoxy) is 2. The van der Waals surface area contributed by atoms with Gasteiger partial charge >= 0.3 is 18.2 Å². The molecular weight excluding hydrogens is 349 g/mol. The number of carbonyl (C=O) groups excluding carboxylic acids is 2. The molecule has 0 fully saturated rings. The number of para-hydroxylation sites is 1. The molecule has 0 unspecified atom stereocenters. The maximum absolute atomic E-state index is 11.8. The first kappa shape index (κ1) is 18.0. The van der Waals surface area contributed by atoms with E-state index < -0.39 is 24.8 Å². The third-order valence-corrected chi connectivity index (χ3v) is 3.67. The van der Waals surface area contributed by atoms with E-state index in [9.17, 15) is 22.8 Å². The molecule has 2 aromatic rings. The lowest BCUT2D eigenvalue weighted by molar-refractivity contribution is -0.160. The van der Waals surface area contributed by atoms with Crippen molar-refractivity contribution in [1.82, 2.24) is 10.3 Å². The van der Waals surface area contributed by atoms with Gasteiger partial charge in [-0.25, -0.2) is 9.78 Å². The molecule has 24 heavy (non-hydrogen) atoms. The van der Waals surface area contributed by atoms with E-state index in [1.165, 1.54) is 11.3 Å². The molecule has 0 atom stereocenters. The number of nitrogens with zero attached hydrogens (tertiary/aromatic N) is 1. The van der Waals surface area contributed by atoms with Crippen molar-refractivity contribution in [2.45, 2.75) is 19.2 Å². The third-order valence-electron chi connectivity index (χ3n) is 2.66. The Kier molecular flexibility index (Phi) is 5.96. The first-order valence-electron chi connectivity index (χ1n) is 6.81. The van der Waals surface area contributed by atoms with Gasteiger partial charge in [0.2, 0.25) is 0 Å². The zero-order valence-corrected chi connectivity index (χ0v) is 13.1. The van der Waals surface area contributed by atoms with Crippen LogP contribution in [0, 0.1) is 0 Å². The van der Waals surface area contributed by atoms with E-state index in [2.05, 4.69) is 9.72 Å². The molecular formula is C14H13F3N2O4S. The Morgan fingerprint density at radius 1 is 1.21 bits per heavy atom. The van der Waals surface area contributed by atoms with Crippen LogP contribution >= 0.6 is 11.3 Å². The standard InChI is InChI=1S/C14H13F3N2O4S/c15-14(16,17)8-23-13(21)18-6-5-12(20)22-7-11-19-9-3-1-2-4-10(9)24-11/h1-4H,5-8H2,(H,18,21). The fraction of sp³-hybridized carbons (Fsp3) is 0.357. The molecule has 0 radical (unpaired) electrons. The minimum Gasteiger partial charge on any atom is -0.458 e. The van der Waals surface area contributed by atoms with E-state index in [4.69, 9.17) is 4.74 Å². The van der Waals surface area contributed by atoms with Crippen molar-refractivity contribution in [2.24, 2.45) is 0 Å². The van der Waals surface area contributed by atoms with Gasteiger partial charge in [-0.2, -0.15) is 13.2 Å². The van der Waals surface area contributed by atoms with E-state index in [-0.39, 0.29) is 19.6 Å². The van der Waals surface area contributed by atoms with Crippen LogP contribution in [0.1, 0.15) is 11.4 Å². The molecule has 1 aromatic carbocycles. The Hall–Kier alpha value is -2.36. The van der Waals surface area contributed by atoms with Gasteiger partial charge in [0.15, 0.2) is 6.61 Å². The van der Waals surface area contributed by atoms with Crippen LogP contribution < -0.4 is 5.32 Å². The van der Waals surface area contributed by atoms with E-state index in [1.54, 1.807) is 0 Å². The predicted octanol–water partition coefficient (Wildman–Crippen LogP) is 3.02. The second kappa shape index (κ2) is 7.95. The number of alkyl carbamates (subject to hydrolysis) is 1. The van der Waals surface area contributed by atoms with Crippen LogP contribution in [0.3, 0.4) is 0 Å². The fourth-order valence-corrected chi connectivity index (χ4v) is 2.54. The lowest BCUT2D eigenvalue weighted by Gasteiger charge is -2.08. The summed E-state index contributed by atoms with van der Waals surface area (Å²) in [4.78, 5) is 26.8. The largest absolute Gasteiger partial charge is 0.458 e. The van der Waals surface area contributed by atoms with E-state index in [0.29, 0.717) is 5.01 Å². The number of esters is 1. The number of carbonyl (C=O) groups is 2. The van der Waals surface area contributed by atoms with Crippen molar-refractivity contribution < 1.29 is 32.2 Å². The predicted molar refractivity (Wildman–Crippen MR) is 79.4 cm³/mol. The van der Waals surface area contributed by atoms with Crippen LogP contribution in [0.2, 0.25) is 0 Å². The summed E-state index contributed by atoms with van der Waals surface area (Å²) in [5, 5.41) is 2.66. The van der Waals surface area contributed by atoms with Gasteiger partial charge in [-0.1, -0.05) is 12.1 Å². The third kappa shape index (κ3) is 6.03. The molecule has 1 heterocycles. The van der Waals surface area contributed by atoms with Crippen LogP contribution in [0.4, 0.5) is 18.0 Å². The number of benzene rings is 1. The van der Waals surface area contributed by atoms with Gasteiger partial charge in [0, 0.05) is 6.54 Å². The molecule has 0 aliphatic carbocycles. The van der Waals surface area contributed by atoms with Gasteiger partial charge in [0.25, 0.3) is 0 Å². The lowest BCUT2D eigenvalue weighted by atomic mass is 10.3. The van der Waals surface area contributed by atoms with Crippen LogP contribution in [0.5, 0.6) is 0 Å². The Morgan fingerprint density at radius 2 is 1.96 bits per heavy atom. The highest BCUT2D eigenvalue weighted by Gasteiger charge is 2.29. The van der Waals surface area contributed by atoms with E-state index >= 15 is 0 Å². The lowest BCUT2D eigenvalue weighted by Crippen LogP contribution is -2.30. The number of amides is 1. The van der Waals surface area contributed by atoms with Gasteiger partial charge < -0.3 is 14.8 Å². The van der Waals surface area contributed by atoms with E-state index in [0.717, 1.165) is 10.2 Å². The second-order valence-corrected chi connectivity index (χ2v) is 5.72. The SMILES string of the molecule is O=C(CCNC(=O)OCC(F)(F)F)OCc1nc2ccccc2s1. The number of hydrogen-bond acceptors (Lipinski definition) is 6. The zero-order valence-electron chi connectivity index (χ0n) is 12.3. The monoisotopic (exact) mass is 362 g/mol. The number of rotatable bonds is 6. The number of alkyl halides is 3. The molecule has 0 aliphatic rings. The van der Waals surface area contributed by atoms with Crippen LogP contribution in [-0.4, -0.2) is 36.4 Å². The summed E-state index contributed by atoms with van der Waals surface area (Å²) >= 11 is 1.39. The van der Waals surface area contributed by atoms with Crippen molar-refractivity contribution in [1.29, 1.82) is 0 Å². The zero-order chi connectivity index (χ0) is 17.6. The summed E-state index contributed by atoms with van der Waals surface area (Å²) in [6.45, 7) is -1.87. The number of aromatic nitrogens is 1. The molecule has 0 bridgehead atoms. The minimum atomic E-state index is -4.59. The molecule has 130 valence electrons. The Bertz CT molecular complexity index is 684. The van der Waals surface area contributed by atoms with Crippen molar-refractivity contribution in [3.05, 3.63) is 29.3 Å². The summed E-state index contributed by atoms with van der Waals surface area (Å²) in [5.41, 5.74) is 0.808. The smallest absolute Gasteiger partial charge is 0.422 e. The Balaban J connectivity index is 1.65. The first-order chi connectivity index (χ1) is 11.3. The molecule has 0 saturated carbocycles. The summed E-state index contributed by atoms with van der Waals surface area (Å²) in [5.74, 6) is -0.606. The maximum atomic E-state index is 11.8. The molecule has 1 N–H and O–H groups in total. The van der Waals surface area contributed by atoms with Gasteiger partial charge in [0.1, 0.15) is 11.6 Å². The molecule has 1 aromatic heterocycles. The normalized spacial score (nSPS) is 11.3. The summed E-state index contributed by atoms with van der Waals surface area (Å²) < 4.78 is 45.3. The van der Waals surface area contributed by atoms with Crippen LogP contribution in [0.15, 0.2) is 24.3 Å². The number of nitrogens with one attached hydrogen (secondary N) is 1. The minimum absolute atomic E-state index is 0.00327. The highest BCUT2D eigenvalue weighted by atomic mass is 32.1. The van der Waals surface area contributed by atoms with Gasteiger partial charge in [-0.15, -0.1) is 11.3 Å². The number of fused-ring (bicyclic) bond motifs is 1. The van der Waals surface area contributed by atoms with Crippen LogP contribution in [-0.2, 0) is 20.9 Å². The average Bonchev–Trinajstić information content (AvgIpc) is 2.93. The molecule has 2 rings (SSSR count). The van der Waals surface area contributed by atoms with Crippen molar-refractivity contribution >= 4 is 33.6 Å². The average molecular weight is 362 g/mol. The van der Waals surface area contributed by atoms with Gasteiger partial charge in [0.05, 0.1) is 16.6 Å². The van der Waals surface area contributed by atoms with Crippen molar-refractivity contribution in [3.63, 3.8) is 0 Å². The first-order valence-corrected chi connectivity index (χ1v) is 7.62. The van der Waals surface area contributed by atoms with Gasteiger partial charge in [-0.3, -0.25) is 4.79 Å². The second-order valence-electron chi connectivity index (χ2n) is 4.60. The number of thiazole rings is 1. The molecule has 0 spiro atoms. The van der Waals surface area contributed by atoms with Crippen molar-refractivity contribution in [3.8, 4) is 0 Å². The quantitative estimate of drug-likeness (QED) is 0.800. The maximum Gasteiger partial charge on any atom is 0.422 e. The fourth-order valence-electron chi connectivity index (χ4n) is 1.66. The Morgan fingerprint density at radius 3 is 2.67 bits per heavy atom. The summed E-state index contributed by atoms with van der Waals surface area (Å²) in [6, 6.07) is 7.46. The molecule has 1 amide bonds. The topological polar surface area (TPSA) is 77.5 Å². The Labute approximate surface area is 138 Å². The van der Waals surface area contributed by atoms with Crippen molar-refractivity contribution in [2.75, 3.05) is 13.2 Å². The van der Waals surface area contributed by atoms with E-state index in [1.807, 2.05) is 29.6 Å². The molecule has 10 heteroatoms. The van der Waals surface area contributed by atoms with Crippen LogP contribution in [0.25, 0.3) is 10.2 Å². The summed E-state index contributed by atoms with van der Waals surface area (Å²) in [6.07, 6.45) is -6.02. The van der Waals surface area contributed by atoms with Gasteiger partial charge in [-0.05, 0) is 12.1 Å². The number of hydrogen-bond donors (Lipinski definition) is 1. The molecule has 0 aliphatic heterocycles. The highest BCUT2D eigenvalue weighted by molar-refractivity contribution is 7.18. The highest BCUT2D eigenvalue weighted by Crippen LogP contribution is 2.22. The molecule has 0 saturated heterocycles. The summed E-state index contributed by atoms with van der Waals surface area (Å²) in [7, 11) is 0. The number of halogens is 3.